The Morgan fingerprint density at radius 2 is 1.89 bits per heavy atom. The summed E-state index contributed by atoms with van der Waals surface area (Å²) in [6, 6.07) is 15.8. The molecule has 18 heavy (non-hydrogen) atoms. The molecule has 1 heterocycles. The van der Waals surface area contributed by atoms with E-state index >= 15 is 0 Å². The molecule has 1 aromatic heterocycles. The van der Waals surface area contributed by atoms with Gasteiger partial charge in [-0.1, -0.05) is 40.2 Å². The molecule has 0 atom stereocenters. The Labute approximate surface area is 113 Å². The summed E-state index contributed by atoms with van der Waals surface area (Å²) < 4.78 is 1.02. The maximum absolute atomic E-state index is 4.46. The van der Waals surface area contributed by atoms with Gasteiger partial charge in [-0.2, -0.15) is 0 Å². The second-order valence-electron chi connectivity index (χ2n) is 3.89. The van der Waals surface area contributed by atoms with Gasteiger partial charge in [0.2, 0.25) is 5.95 Å². The van der Waals surface area contributed by atoms with Crippen molar-refractivity contribution >= 4 is 38.5 Å². The van der Waals surface area contributed by atoms with Gasteiger partial charge < -0.3 is 5.32 Å². The summed E-state index contributed by atoms with van der Waals surface area (Å²) in [7, 11) is 0. The van der Waals surface area contributed by atoms with Crippen LogP contribution in [0.5, 0.6) is 0 Å². The highest BCUT2D eigenvalue weighted by atomic mass is 79.9. The minimum Gasteiger partial charge on any atom is -0.324 e. The maximum atomic E-state index is 4.46. The molecule has 2 aromatic carbocycles. The monoisotopic (exact) mass is 299 g/mol. The molecule has 88 valence electrons. The Bertz CT molecular complexity index is 697. The SMILES string of the molecule is Brc1cccc(Nc2ncc3ccccc3n2)c1. The van der Waals surface area contributed by atoms with E-state index in [4.69, 9.17) is 0 Å². The first-order valence-corrected chi connectivity index (χ1v) is 6.35. The number of hydrogen-bond acceptors (Lipinski definition) is 3. The highest BCUT2D eigenvalue weighted by molar-refractivity contribution is 9.10. The number of nitrogens with zero attached hydrogens (tertiary/aromatic N) is 2. The summed E-state index contributed by atoms with van der Waals surface area (Å²) in [6.45, 7) is 0. The van der Waals surface area contributed by atoms with Crippen LogP contribution < -0.4 is 5.32 Å². The quantitative estimate of drug-likeness (QED) is 0.773. The van der Waals surface area contributed by atoms with E-state index < -0.39 is 0 Å². The van der Waals surface area contributed by atoms with Crippen molar-refractivity contribution in [1.29, 1.82) is 0 Å². The zero-order valence-corrected chi connectivity index (χ0v) is 11.1. The zero-order chi connectivity index (χ0) is 12.4. The van der Waals surface area contributed by atoms with Crippen molar-refractivity contribution in [3.8, 4) is 0 Å². The first kappa shape index (κ1) is 11.2. The van der Waals surface area contributed by atoms with Crippen molar-refractivity contribution < 1.29 is 0 Å². The van der Waals surface area contributed by atoms with Gasteiger partial charge in [0.1, 0.15) is 0 Å². The minimum absolute atomic E-state index is 0.604. The molecule has 0 aliphatic carbocycles. The lowest BCUT2D eigenvalue weighted by atomic mass is 10.2. The maximum Gasteiger partial charge on any atom is 0.227 e. The van der Waals surface area contributed by atoms with Gasteiger partial charge in [0.05, 0.1) is 5.52 Å². The van der Waals surface area contributed by atoms with Gasteiger partial charge in [0.25, 0.3) is 0 Å². The fourth-order valence-corrected chi connectivity index (χ4v) is 2.13. The first-order chi connectivity index (χ1) is 8.81. The second-order valence-corrected chi connectivity index (χ2v) is 4.80. The standard InChI is InChI=1S/C14H10BrN3/c15-11-5-3-6-12(8-11)17-14-16-9-10-4-1-2-7-13(10)18-14/h1-9H,(H,16,17,18). The highest BCUT2D eigenvalue weighted by Gasteiger charge is 2.00. The molecule has 1 N–H and O–H groups in total. The van der Waals surface area contributed by atoms with E-state index in [1.807, 2.05) is 54.7 Å². The molecule has 3 rings (SSSR count). The number of nitrogens with one attached hydrogen (secondary N) is 1. The Morgan fingerprint density at radius 3 is 2.78 bits per heavy atom. The molecule has 0 aliphatic heterocycles. The molecule has 0 radical (unpaired) electrons. The second kappa shape index (κ2) is 4.74. The highest BCUT2D eigenvalue weighted by Crippen LogP contribution is 2.19. The van der Waals surface area contributed by atoms with E-state index in [1.165, 1.54) is 0 Å². The lowest BCUT2D eigenvalue weighted by Gasteiger charge is -2.05. The third-order valence-corrected chi connectivity index (χ3v) is 3.06. The van der Waals surface area contributed by atoms with E-state index in [0.717, 1.165) is 21.1 Å². The van der Waals surface area contributed by atoms with Gasteiger partial charge in [-0.25, -0.2) is 9.97 Å². The Balaban J connectivity index is 1.95. The number of para-hydroxylation sites is 1. The van der Waals surface area contributed by atoms with Crippen LogP contribution in [-0.4, -0.2) is 9.97 Å². The lowest BCUT2D eigenvalue weighted by molar-refractivity contribution is 1.21. The molecule has 0 unspecified atom stereocenters. The Kier molecular flexibility index (Phi) is 2.94. The number of aromatic nitrogens is 2. The predicted molar refractivity (Wildman–Crippen MR) is 77.0 cm³/mol. The smallest absolute Gasteiger partial charge is 0.227 e. The van der Waals surface area contributed by atoms with Crippen LogP contribution in [-0.2, 0) is 0 Å². The Morgan fingerprint density at radius 1 is 1.00 bits per heavy atom. The average Bonchev–Trinajstić information content (AvgIpc) is 2.39. The average molecular weight is 300 g/mol. The van der Waals surface area contributed by atoms with Gasteiger partial charge >= 0.3 is 0 Å². The molecule has 3 aromatic rings. The fourth-order valence-electron chi connectivity index (χ4n) is 1.73. The molecule has 0 amide bonds. The third kappa shape index (κ3) is 2.33. The summed E-state index contributed by atoms with van der Waals surface area (Å²) in [5.74, 6) is 0.604. The summed E-state index contributed by atoms with van der Waals surface area (Å²) in [6.07, 6.45) is 1.82. The zero-order valence-electron chi connectivity index (χ0n) is 9.47. The van der Waals surface area contributed by atoms with E-state index in [1.54, 1.807) is 0 Å². The van der Waals surface area contributed by atoms with Gasteiger partial charge in [-0.3, -0.25) is 0 Å². The number of fused-ring (bicyclic) bond motifs is 1. The van der Waals surface area contributed by atoms with E-state index in [9.17, 15) is 0 Å². The number of hydrogen-bond donors (Lipinski definition) is 1. The topological polar surface area (TPSA) is 37.8 Å². The van der Waals surface area contributed by atoms with E-state index in [2.05, 4.69) is 31.2 Å². The molecule has 3 nitrogen and oxygen atoms in total. The van der Waals surface area contributed by atoms with Crippen molar-refractivity contribution in [3.05, 3.63) is 59.2 Å². The van der Waals surface area contributed by atoms with E-state index in [-0.39, 0.29) is 0 Å². The van der Waals surface area contributed by atoms with Gasteiger partial charge in [-0.15, -0.1) is 0 Å². The molecule has 0 fully saturated rings. The predicted octanol–water partition coefficient (Wildman–Crippen LogP) is 4.14. The normalized spacial score (nSPS) is 10.5. The molecule has 0 aliphatic rings. The summed E-state index contributed by atoms with van der Waals surface area (Å²) >= 11 is 3.43. The van der Waals surface area contributed by atoms with Crippen LogP contribution in [0.15, 0.2) is 59.2 Å². The number of halogens is 1. The van der Waals surface area contributed by atoms with Gasteiger partial charge in [-0.05, 0) is 24.3 Å². The lowest BCUT2D eigenvalue weighted by Crippen LogP contribution is -1.96. The number of rotatable bonds is 2. The third-order valence-electron chi connectivity index (χ3n) is 2.57. The summed E-state index contributed by atoms with van der Waals surface area (Å²) in [5, 5.41) is 4.22. The van der Waals surface area contributed by atoms with Crippen molar-refractivity contribution in [2.75, 3.05) is 5.32 Å². The Hall–Kier alpha value is -1.94. The molecule has 0 spiro atoms. The molecular formula is C14H10BrN3. The fraction of sp³-hybridized carbons (Fsp3) is 0. The first-order valence-electron chi connectivity index (χ1n) is 5.56. The largest absolute Gasteiger partial charge is 0.324 e. The van der Waals surface area contributed by atoms with Crippen molar-refractivity contribution in [2.45, 2.75) is 0 Å². The van der Waals surface area contributed by atoms with E-state index in [0.29, 0.717) is 5.95 Å². The van der Waals surface area contributed by atoms with Crippen LogP contribution in [0.4, 0.5) is 11.6 Å². The van der Waals surface area contributed by atoms with Crippen LogP contribution in [0, 0.1) is 0 Å². The van der Waals surface area contributed by atoms with Crippen molar-refractivity contribution in [1.82, 2.24) is 9.97 Å². The summed E-state index contributed by atoms with van der Waals surface area (Å²) in [4.78, 5) is 8.76. The van der Waals surface area contributed by atoms with Crippen molar-refractivity contribution in [3.63, 3.8) is 0 Å². The van der Waals surface area contributed by atoms with Crippen LogP contribution in [0.3, 0.4) is 0 Å². The molecular weight excluding hydrogens is 290 g/mol. The summed E-state index contributed by atoms with van der Waals surface area (Å²) in [5.41, 5.74) is 1.89. The number of anilines is 2. The molecule has 0 bridgehead atoms. The molecule has 0 saturated heterocycles. The number of benzene rings is 2. The molecule has 0 saturated carbocycles. The molecule has 4 heteroatoms. The van der Waals surface area contributed by atoms with Gasteiger partial charge in [0.15, 0.2) is 0 Å². The van der Waals surface area contributed by atoms with Gasteiger partial charge in [0, 0.05) is 21.7 Å². The van der Waals surface area contributed by atoms with Crippen LogP contribution in [0.2, 0.25) is 0 Å². The van der Waals surface area contributed by atoms with Crippen LogP contribution >= 0.6 is 15.9 Å². The van der Waals surface area contributed by atoms with Crippen LogP contribution in [0.1, 0.15) is 0 Å². The van der Waals surface area contributed by atoms with Crippen molar-refractivity contribution in [2.24, 2.45) is 0 Å². The van der Waals surface area contributed by atoms with Crippen LogP contribution in [0.25, 0.3) is 10.9 Å². The minimum atomic E-state index is 0.604.